The molecule has 2 N–H and O–H groups in total. The van der Waals surface area contributed by atoms with Crippen molar-refractivity contribution in [2.45, 2.75) is 32.7 Å². The molecule has 0 spiro atoms. The Labute approximate surface area is 136 Å². The Balaban J connectivity index is 2.04. The minimum absolute atomic E-state index is 0.105. The highest BCUT2D eigenvalue weighted by molar-refractivity contribution is 5.88. The van der Waals surface area contributed by atoms with E-state index in [4.69, 9.17) is 4.52 Å². The molecule has 0 bridgehead atoms. The van der Waals surface area contributed by atoms with E-state index >= 15 is 0 Å². The maximum atomic E-state index is 12.4. The van der Waals surface area contributed by atoms with Gasteiger partial charge >= 0.3 is 6.03 Å². The predicted octanol–water partition coefficient (Wildman–Crippen LogP) is 3.00. The third kappa shape index (κ3) is 4.82. The average molecular weight is 317 g/mol. The van der Waals surface area contributed by atoms with Gasteiger partial charge in [0.25, 0.3) is 0 Å². The summed E-state index contributed by atoms with van der Waals surface area (Å²) in [6.45, 7) is 6.57. The van der Waals surface area contributed by atoms with Crippen molar-refractivity contribution < 1.29 is 14.4 Å². The van der Waals surface area contributed by atoms with Crippen LogP contribution in [0.5, 0.6) is 0 Å². The molecule has 0 aliphatic rings. The molecule has 2 amide bonds. The molecule has 1 aromatic heterocycles. The number of hydrogen-bond acceptors (Lipinski definition) is 4. The first-order valence-corrected chi connectivity index (χ1v) is 7.58. The molecule has 0 atom stereocenters. The molecule has 2 aromatic rings. The van der Waals surface area contributed by atoms with Gasteiger partial charge < -0.3 is 14.5 Å². The summed E-state index contributed by atoms with van der Waals surface area (Å²) in [6, 6.07) is 11.0. The molecule has 2 rings (SSSR count). The fraction of sp³-hybridized carbons (Fsp3) is 0.412. The number of aromatic nitrogens is 1. The maximum Gasteiger partial charge on any atom is 0.323 e. The summed E-state index contributed by atoms with van der Waals surface area (Å²) in [5, 5.41) is 15.8. The molecular formula is C17H23N3O3. The summed E-state index contributed by atoms with van der Waals surface area (Å²) in [7, 11) is 0. The van der Waals surface area contributed by atoms with Crippen LogP contribution in [0.25, 0.3) is 0 Å². The first kappa shape index (κ1) is 17.0. The minimum atomic E-state index is -0.323. The molecule has 0 unspecified atom stereocenters. The van der Waals surface area contributed by atoms with E-state index in [1.54, 1.807) is 6.07 Å². The minimum Gasteiger partial charge on any atom is -0.395 e. The Morgan fingerprint density at radius 2 is 2.00 bits per heavy atom. The van der Waals surface area contributed by atoms with Crippen molar-refractivity contribution in [1.29, 1.82) is 0 Å². The van der Waals surface area contributed by atoms with Crippen molar-refractivity contribution in [3.05, 3.63) is 47.7 Å². The second kappa shape index (κ2) is 7.28. The zero-order valence-corrected chi connectivity index (χ0v) is 13.7. The lowest BCUT2D eigenvalue weighted by atomic mass is 9.93. The summed E-state index contributed by atoms with van der Waals surface area (Å²) in [6.07, 6.45) is 0. The Bertz CT molecular complexity index is 632. The standard InChI is InChI=1S/C17H23N3O3/c1-17(2,3)14-11-15(19-23-14)18-16(22)20(9-10-21)12-13-7-5-4-6-8-13/h4-8,11,21H,9-10,12H2,1-3H3,(H,18,19,22). The van der Waals surface area contributed by atoms with Crippen LogP contribution in [0.4, 0.5) is 10.6 Å². The van der Waals surface area contributed by atoms with E-state index < -0.39 is 0 Å². The summed E-state index contributed by atoms with van der Waals surface area (Å²) in [4.78, 5) is 13.9. The number of hydrogen-bond donors (Lipinski definition) is 2. The number of carbonyl (C=O) groups excluding carboxylic acids is 1. The molecule has 1 aromatic carbocycles. The lowest BCUT2D eigenvalue weighted by Crippen LogP contribution is -2.36. The molecule has 0 aliphatic heterocycles. The third-order valence-electron chi connectivity index (χ3n) is 3.36. The van der Waals surface area contributed by atoms with Crippen LogP contribution in [0.2, 0.25) is 0 Å². The topological polar surface area (TPSA) is 78.6 Å². The highest BCUT2D eigenvalue weighted by atomic mass is 16.5. The predicted molar refractivity (Wildman–Crippen MR) is 88.2 cm³/mol. The fourth-order valence-electron chi connectivity index (χ4n) is 2.05. The van der Waals surface area contributed by atoms with Crippen LogP contribution in [0.15, 0.2) is 40.9 Å². The summed E-state index contributed by atoms with van der Waals surface area (Å²) in [5.41, 5.74) is 0.816. The van der Waals surface area contributed by atoms with Gasteiger partial charge in [-0.1, -0.05) is 56.3 Å². The molecular weight excluding hydrogens is 294 g/mol. The Kier molecular flexibility index (Phi) is 5.39. The SMILES string of the molecule is CC(C)(C)c1cc(NC(=O)N(CCO)Cc2ccccc2)no1. The number of urea groups is 1. The number of nitrogens with one attached hydrogen (secondary N) is 1. The molecule has 6 heteroatoms. The second-order valence-electron chi connectivity index (χ2n) is 6.39. The zero-order valence-electron chi connectivity index (χ0n) is 13.7. The lowest BCUT2D eigenvalue weighted by Gasteiger charge is -2.21. The summed E-state index contributed by atoms with van der Waals surface area (Å²) < 4.78 is 5.26. The van der Waals surface area contributed by atoms with Gasteiger partial charge in [-0.3, -0.25) is 5.32 Å². The van der Waals surface area contributed by atoms with Crippen LogP contribution in [0.3, 0.4) is 0 Å². The van der Waals surface area contributed by atoms with Crippen LogP contribution in [-0.2, 0) is 12.0 Å². The normalized spacial score (nSPS) is 11.3. The van der Waals surface area contributed by atoms with Gasteiger partial charge in [-0.25, -0.2) is 4.79 Å². The van der Waals surface area contributed by atoms with E-state index in [2.05, 4.69) is 10.5 Å². The average Bonchev–Trinajstić information content (AvgIpc) is 2.96. The van der Waals surface area contributed by atoms with Gasteiger partial charge in [0.1, 0.15) is 5.76 Å². The molecule has 1 heterocycles. The molecule has 0 radical (unpaired) electrons. The van der Waals surface area contributed by atoms with E-state index in [0.717, 1.165) is 5.56 Å². The van der Waals surface area contributed by atoms with Gasteiger partial charge in [0.05, 0.1) is 6.61 Å². The van der Waals surface area contributed by atoms with Crippen LogP contribution in [0, 0.1) is 0 Å². The van der Waals surface area contributed by atoms with E-state index in [1.165, 1.54) is 4.90 Å². The van der Waals surface area contributed by atoms with E-state index in [1.807, 2.05) is 51.1 Å². The first-order valence-electron chi connectivity index (χ1n) is 7.58. The maximum absolute atomic E-state index is 12.4. The molecule has 124 valence electrons. The van der Waals surface area contributed by atoms with Crippen LogP contribution in [0.1, 0.15) is 32.1 Å². The lowest BCUT2D eigenvalue weighted by molar-refractivity contribution is 0.185. The first-order chi connectivity index (χ1) is 10.9. The van der Waals surface area contributed by atoms with E-state index in [-0.39, 0.29) is 24.6 Å². The van der Waals surface area contributed by atoms with Crippen molar-refractivity contribution in [2.24, 2.45) is 0 Å². The van der Waals surface area contributed by atoms with Gasteiger partial charge in [-0.2, -0.15) is 0 Å². The Morgan fingerprint density at radius 3 is 2.57 bits per heavy atom. The van der Waals surface area contributed by atoms with Crippen molar-refractivity contribution in [3.63, 3.8) is 0 Å². The molecule has 0 saturated heterocycles. The fourth-order valence-corrected chi connectivity index (χ4v) is 2.05. The number of carbonyl (C=O) groups is 1. The largest absolute Gasteiger partial charge is 0.395 e. The van der Waals surface area contributed by atoms with Crippen molar-refractivity contribution in [3.8, 4) is 0 Å². The van der Waals surface area contributed by atoms with Crippen LogP contribution >= 0.6 is 0 Å². The quantitative estimate of drug-likeness (QED) is 0.888. The van der Waals surface area contributed by atoms with Gasteiger partial charge in [-0.15, -0.1) is 0 Å². The highest BCUT2D eigenvalue weighted by Crippen LogP contribution is 2.24. The van der Waals surface area contributed by atoms with E-state index in [9.17, 15) is 9.90 Å². The van der Waals surface area contributed by atoms with Gasteiger partial charge in [-0.05, 0) is 5.56 Å². The van der Waals surface area contributed by atoms with Crippen LogP contribution < -0.4 is 5.32 Å². The van der Waals surface area contributed by atoms with Gasteiger partial charge in [0.15, 0.2) is 5.82 Å². The monoisotopic (exact) mass is 317 g/mol. The second-order valence-corrected chi connectivity index (χ2v) is 6.39. The number of anilines is 1. The molecule has 6 nitrogen and oxygen atoms in total. The number of aliphatic hydroxyl groups excluding tert-OH is 1. The van der Waals surface area contributed by atoms with Crippen LogP contribution in [-0.4, -0.2) is 34.3 Å². The molecule has 0 aliphatic carbocycles. The van der Waals surface area contributed by atoms with Crippen molar-refractivity contribution in [1.82, 2.24) is 10.1 Å². The van der Waals surface area contributed by atoms with Crippen molar-refractivity contribution >= 4 is 11.8 Å². The van der Waals surface area contributed by atoms with Gasteiger partial charge in [0, 0.05) is 24.6 Å². The summed E-state index contributed by atoms with van der Waals surface area (Å²) >= 11 is 0. The zero-order chi connectivity index (χ0) is 16.9. The molecule has 0 saturated carbocycles. The Morgan fingerprint density at radius 1 is 1.30 bits per heavy atom. The number of aliphatic hydroxyl groups is 1. The third-order valence-corrected chi connectivity index (χ3v) is 3.36. The molecule has 23 heavy (non-hydrogen) atoms. The number of benzene rings is 1. The highest BCUT2D eigenvalue weighted by Gasteiger charge is 2.21. The van der Waals surface area contributed by atoms with Gasteiger partial charge in [0.2, 0.25) is 0 Å². The van der Waals surface area contributed by atoms with E-state index in [0.29, 0.717) is 18.1 Å². The molecule has 0 fully saturated rings. The van der Waals surface area contributed by atoms with Crippen molar-refractivity contribution in [2.75, 3.05) is 18.5 Å². The smallest absolute Gasteiger partial charge is 0.323 e. The Hall–Kier alpha value is -2.34. The number of amides is 2. The summed E-state index contributed by atoms with van der Waals surface area (Å²) in [5.74, 6) is 1.07. The number of rotatable bonds is 5. The number of nitrogens with zero attached hydrogens (tertiary/aromatic N) is 2.